The van der Waals surface area contributed by atoms with Crippen LogP contribution in [0, 0.1) is 17.6 Å². The predicted octanol–water partition coefficient (Wildman–Crippen LogP) is 3.19. The molecule has 2 aromatic rings. The van der Waals surface area contributed by atoms with Crippen molar-refractivity contribution < 1.29 is 26.8 Å². The van der Waals surface area contributed by atoms with Crippen molar-refractivity contribution in [3.05, 3.63) is 60.2 Å². The number of amides is 3. The molecule has 1 saturated heterocycles. The number of anilines is 1. The van der Waals surface area contributed by atoms with Crippen LogP contribution >= 0.6 is 0 Å². The summed E-state index contributed by atoms with van der Waals surface area (Å²) in [5, 5.41) is 3.94. The van der Waals surface area contributed by atoms with Gasteiger partial charge in [-0.2, -0.15) is 0 Å². The Morgan fingerprint density at radius 3 is 2.53 bits per heavy atom. The first-order chi connectivity index (χ1) is 15.2. The quantitative estimate of drug-likeness (QED) is 0.641. The number of nitrogens with zero attached hydrogens (tertiary/aromatic N) is 1. The minimum absolute atomic E-state index is 0.0494. The van der Waals surface area contributed by atoms with E-state index in [0.29, 0.717) is 25.2 Å². The highest BCUT2D eigenvalue weighted by atomic mass is 32.2. The number of piperidine rings is 1. The summed E-state index contributed by atoms with van der Waals surface area (Å²) >= 11 is 0. The van der Waals surface area contributed by atoms with Gasteiger partial charge in [0.1, 0.15) is 16.9 Å². The molecule has 0 unspecified atom stereocenters. The first-order valence-electron chi connectivity index (χ1n) is 10.3. The fraction of sp³-hybridized carbons (Fsp3) is 0.364. The number of benzene rings is 2. The van der Waals surface area contributed by atoms with Gasteiger partial charge in [-0.15, -0.1) is 0 Å². The number of hydrogen-bond acceptors (Lipinski definition) is 4. The largest absolute Gasteiger partial charge is 0.341 e. The maximum absolute atomic E-state index is 13.2. The lowest BCUT2D eigenvalue weighted by Crippen LogP contribution is -2.48. The molecule has 0 saturated carbocycles. The van der Waals surface area contributed by atoms with Crippen LogP contribution in [0.5, 0.6) is 0 Å². The van der Waals surface area contributed by atoms with Gasteiger partial charge in [-0.05, 0) is 68.1 Å². The molecule has 2 N–H and O–H groups in total. The van der Waals surface area contributed by atoms with Crippen molar-refractivity contribution in [1.29, 1.82) is 0 Å². The molecule has 3 amide bonds. The van der Waals surface area contributed by atoms with Crippen LogP contribution in [0.25, 0.3) is 0 Å². The molecule has 0 spiro atoms. The lowest BCUT2D eigenvalue weighted by atomic mass is 9.98. The maximum atomic E-state index is 13.2. The second-order valence-corrected chi connectivity index (χ2v) is 10.0. The molecule has 1 fully saturated rings. The van der Waals surface area contributed by atoms with E-state index in [1.54, 1.807) is 6.07 Å². The topological polar surface area (TPSA) is 95.6 Å². The van der Waals surface area contributed by atoms with E-state index < -0.39 is 38.7 Å². The fourth-order valence-corrected chi connectivity index (χ4v) is 4.97. The van der Waals surface area contributed by atoms with Crippen LogP contribution in [-0.2, 0) is 14.6 Å². The van der Waals surface area contributed by atoms with E-state index in [1.165, 1.54) is 30.0 Å². The van der Waals surface area contributed by atoms with Crippen LogP contribution in [0.4, 0.5) is 19.3 Å². The molecule has 32 heavy (non-hydrogen) atoms. The van der Waals surface area contributed by atoms with Crippen molar-refractivity contribution in [1.82, 2.24) is 10.2 Å². The number of halogens is 2. The summed E-state index contributed by atoms with van der Waals surface area (Å²) < 4.78 is 51.9. The number of sulfone groups is 1. The van der Waals surface area contributed by atoms with Crippen LogP contribution < -0.4 is 10.6 Å². The Kier molecular flexibility index (Phi) is 7.44. The standard InChI is InChI=1S/C22H25F2N3O4S/c1-15(32(30,31)20-9-7-17(23)8-10-20)21(28)27-11-3-4-16(14-27)13-25-22(29)26-19-6-2-5-18(24)12-19/h2,5-10,12,15-16H,3-4,11,13-14H2,1H3,(H2,25,26,29)/t15-,16+/m0/s1. The lowest BCUT2D eigenvalue weighted by molar-refractivity contribution is -0.132. The Hall–Kier alpha value is -3.01. The summed E-state index contributed by atoms with van der Waals surface area (Å²) in [5.74, 6) is -1.60. The Bertz CT molecular complexity index is 1080. The fourth-order valence-electron chi connectivity index (χ4n) is 3.63. The second kappa shape index (κ2) is 10.1. The van der Waals surface area contributed by atoms with E-state index in [1.807, 2.05) is 0 Å². The molecule has 0 bridgehead atoms. The SMILES string of the molecule is C[C@@H](C(=O)N1CCC[C@H](CNC(=O)Nc2cccc(F)c2)C1)S(=O)(=O)c1ccc(F)cc1. The molecule has 0 radical (unpaired) electrons. The highest BCUT2D eigenvalue weighted by Gasteiger charge is 2.35. The van der Waals surface area contributed by atoms with Gasteiger partial charge >= 0.3 is 6.03 Å². The molecular weight excluding hydrogens is 440 g/mol. The number of urea groups is 1. The Morgan fingerprint density at radius 1 is 1.12 bits per heavy atom. The number of nitrogens with one attached hydrogen (secondary N) is 2. The molecule has 1 aliphatic rings. The lowest BCUT2D eigenvalue weighted by Gasteiger charge is -2.34. The van der Waals surface area contributed by atoms with Crippen molar-refractivity contribution in [2.45, 2.75) is 29.9 Å². The van der Waals surface area contributed by atoms with E-state index in [0.717, 1.165) is 30.7 Å². The number of hydrogen-bond donors (Lipinski definition) is 2. The minimum Gasteiger partial charge on any atom is -0.341 e. The monoisotopic (exact) mass is 465 g/mol. The minimum atomic E-state index is -3.95. The highest BCUT2D eigenvalue weighted by Crippen LogP contribution is 2.22. The first-order valence-corrected chi connectivity index (χ1v) is 11.8. The third kappa shape index (κ3) is 5.82. The van der Waals surface area contributed by atoms with Gasteiger partial charge in [0, 0.05) is 25.3 Å². The summed E-state index contributed by atoms with van der Waals surface area (Å²) in [7, 11) is -3.95. The molecule has 172 valence electrons. The van der Waals surface area contributed by atoms with Crippen LogP contribution in [0.1, 0.15) is 19.8 Å². The zero-order chi connectivity index (χ0) is 23.3. The zero-order valence-electron chi connectivity index (χ0n) is 17.6. The average molecular weight is 466 g/mol. The zero-order valence-corrected chi connectivity index (χ0v) is 18.4. The Labute approximate surface area is 185 Å². The number of carbonyl (C=O) groups excluding carboxylic acids is 2. The Morgan fingerprint density at radius 2 is 1.84 bits per heavy atom. The molecular formula is C22H25F2N3O4S. The van der Waals surface area contributed by atoms with Gasteiger partial charge in [0.25, 0.3) is 0 Å². The van der Waals surface area contributed by atoms with Gasteiger partial charge in [0.2, 0.25) is 5.91 Å². The summed E-state index contributed by atoms with van der Waals surface area (Å²) in [6.07, 6.45) is 1.44. The third-order valence-electron chi connectivity index (χ3n) is 5.42. The maximum Gasteiger partial charge on any atom is 0.319 e. The summed E-state index contributed by atoms with van der Waals surface area (Å²) in [4.78, 5) is 26.3. The Balaban J connectivity index is 1.56. The number of carbonyl (C=O) groups is 2. The molecule has 1 heterocycles. The van der Waals surface area contributed by atoms with Crippen molar-refractivity contribution in [2.75, 3.05) is 25.0 Å². The smallest absolute Gasteiger partial charge is 0.319 e. The van der Waals surface area contributed by atoms with E-state index in [4.69, 9.17) is 0 Å². The van der Waals surface area contributed by atoms with Crippen LogP contribution in [0.3, 0.4) is 0 Å². The molecule has 0 aliphatic carbocycles. The average Bonchev–Trinajstić information content (AvgIpc) is 2.77. The molecule has 1 aliphatic heterocycles. The molecule has 10 heteroatoms. The van der Waals surface area contributed by atoms with Gasteiger partial charge in [-0.25, -0.2) is 22.0 Å². The van der Waals surface area contributed by atoms with Crippen LogP contribution in [0.2, 0.25) is 0 Å². The van der Waals surface area contributed by atoms with Crippen molar-refractivity contribution in [3.8, 4) is 0 Å². The highest BCUT2D eigenvalue weighted by molar-refractivity contribution is 7.92. The van der Waals surface area contributed by atoms with Gasteiger partial charge in [-0.3, -0.25) is 4.79 Å². The van der Waals surface area contributed by atoms with Gasteiger partial charge < -0.3 is 15.5 Å². The number of likely N-dealkylation sites (tertiary alicyclic amines) is 1. The van der Waals surface area contributed by atoms with E-state index in [2.05, 4.69) is 10.6 Å². The summed E-state index contributed by atoms with van der Waals surface area (Å²) in [6, 6.07) is 9.40. The first kappa shape index (κ1) is 23.6. The van der Waals surface area contributed by atoms with Gasteiger partial charge in [0.05, 0.1) is 4.90 Å². The van der Waals surface area contributed by atoms with Crippen molar-refractivity contribution in [2.24, 2.45) is 5.92 Å². The van der Waals surface area contributed by atoms with E-state index >= 15 is 0 Å². The molecule has 2 atom stereocenters. The molecule has 2 aromatic carbocycles. The molecule has 3 rings (SSSR count). The predicted molar refractivity (Wildman–Crippen MR) is 116 cm³/mol. The van der Waals surface area contributed by atoms with Crippen molar-refractivity contribution in [3.63, 3.8) is 0 Å². The molecule has 7 nitrogen and oxygen atoms in total. The summed E-state index contributed by atoms with van der Waals surface area (Å²) in [6.45, 7) is 2.34. The number of rotatable bonds is 6. The van der Waals surface area contributed by atoms with Crippen LogP contribution in [0.15, 0.2) is 53.4 Å². The van der Waals surface area contributed by atoms with E-state index in [9.17, 15) is 26.8 Å². The van der Waals surface area contributed by atoms with Crippen LogP contribution in [-0.4, -0.2) is 50.1 Å². The van der Waals surface area contributed by atoms with Gasteiger partial charge in [0.15, 0.2) is 9.84 Å². The second-order valence-electron chi connectivity index (χ2n) is 7.78. The summed E-state index contributed by atoms with van der Waals surface area (Å²) in [5.41, 5.74) is 0.322. The normalized spacial score (nSPS) is 17.5. The molecule has 0 aromatic heterocycles. The third-order valence-corrected chi connectivity index (χ3v) is 7.48. The van der Waals surface area contributed by atoms with E-state index in [-0.39, 0.29) is 17.4 Å². The van der Waals surface area contributed by atoms with Crippen molar-refractivity contribution >= 4 is 27.5 Å². The van der Waals surface area contributed by atoms with Gasteiger partial charge in [-0.1, -0.05) is 6.07 Å².